The van der Waals surface area contributed by atoms with Crippen LogP contribution in [0, 0.1) is 0 Å². The number of rotatable bonds is 5. The van der Waals surface area contributed by atoms with Gasteiger partial charge in [0.25, 0.3) is 0 Å². The third-order valence-electron chi connectivity index (χ3n) is 2.90. The zero-order valence-electron chi connectivity index (χ0n) is 12.7. The summed E-state index contributed by atoms with van der Waals surface area (Å²) in [7, 11) is 1.69. The van der Waals surface area contributed by atoms with Gasteiger partial charge in [-0.25, -0.2) is 4.79 Å². The Balaban J connectivity index is 1.94. The first-order valence-electron chi connectivity index (χ1n) is 6.98. The summed E-state index contributed by atoms with van der Waals surface area (Å²) in [6.07, 6.45) is -1.50. The SMILES string of the molecule is CCCc1cc(NC(=O)Nc2ccn(CC(F)(F)F)n2)n(C)n1. The predicted octanol–water partition coefficient (Wildman–Crippen LogP) is 2.78. The summed E-state index contributed by atoms with van der Waals surface area (Å²) < 4.78 is 38.9. The smallest absolute Gasteiger partial charge is 0.292 e. The van der Waals surface area contributed by atoms with Gasteiger partial charge in [0.15, 0.2) is 5.82 Å². The molecule has 2 aromatic rings. The Bertz CT molecular complexity index is 676. The highest BCUT2D eigenvalue weighted by Gasteiger charge is 2.28. The molecule has 2 N–H and O–H groups in total. The second-order valence-corrected chi connectivity index (χ2v) is 4.99. The molecule has 0 unspecified atom stereocenters. The van der Waals surface area contributed by atoms with Crippen LogP contribution in [0.3, 0.4) is 0 Å². The van der Waals surface area contributed by atoms with E-state index in [1.54, 1.807) is 13.1 Å². The van der Waals surface area contributed by atoms with Gasteiger partial charge in [0.05, 0.1) is 5.69 Å². The number of nitrogens with one attached hydrogen (secondary N) is 2. The molecule has 0 aliphatic heterocycles. The molecule has 2 aromatic heterocycles. The van der Waals surface area contributed by atoms with Crippen LogP contribution >= 0.6 is 0 Å². The maximum atomic E-state index is 12.2. The number of carbonyl (C=O) groups is 1. The molecule has 0 bridgehead atoms. The van der Waals surface area contributed by atoms with Crippen LogP contribution in [0.25, 0.3) is 0 Å². The Labute approximate surface area is 130 Å². The van der Waals surface area contributed by atoms with E-state index in [0.717, 1.165) is 24.7 Å². The topological polar surface area (TPSA) is 76.8 Å². The number of carbonyl (C=O) groups excluding carboxylic acids is 1. The molecule has 2 rings (SSSR count). The molecule has 0 atom stereocenters. The van der Waals surface area contributed by atoms with Crippen LogP contribution < -0.4 is 10.6 Å². The van der Waals surface area contributed by atoms with Crippen LogP contribution in [0.2, 0.25) is 0 Å². The highest BCUT2D eigenvalue weighted by atomic mass is 19.4. The fourth-order valence-electron chi connectivity index (χ4n) is 1.99. The minimum absolute atomic E-state index is 0.0303. The maximum absolute atomic E-state index is 12.2. The van der Waals surface area contributed by atoms with E-state index in [1.165, 1.54) is 10.7 Å². The normalized spacial score (nSPS) is 11.5. The van der Waals surface area contributed by atoms with Crippen LogP contribution in [0.5, 0.6) is 0 Å². The van der Waals surface area contributed by atoms with Crippen LogP contribution in [-0.2, 0) is 20.0 Å². The largest absolute Gasteiger partial charge is 0.408 e. The van der Waals surface area contributed by atoms with E-state index in [4.69, 9.17) is 0 Å². The number of halogens is 3. The first kappa shape index (κ1) is 16.8. The third-order valence-corrected chi connectivity index (χ3v) is 2.90. The van der Waals surface area contributed by atoms with Crippen LogP contribution in [-0.4, -0.2) is 31.8 Å². The first-order chi connectivity index (χ1) is 10.8. The second kappa shape index (κ2) is 6.71. The third kappa shape index (κ3) is 5.01. The lowest BCUT2D eigenvalue weighted by Gasteiger charge is -2.06. The van der Waals surface area contributed by atoms with Crippen molar-refractivity contribution in [2.75, 3.05) is 10.6 Å². The summed E-state index contributed by atoms with van der Waals surface area (Å²) in [6.45, 7) is 0.810. The van der Waals surface area contributed by atoms with E-state index in [-0.39, 0.29) is 5.82 Å². The van der Waals surface area contributed by atoms with Crippen molar-refractivity contribution in [3.8, 4) is 0 Å². The number of urea groups is 1. The Morgan fingerprint density at radius 2 is 2.04 bits per heavy atom. The fraction of sp³-hybridized carbons (Fsp3) is 0.462. The zero-order chi connectivity index (χ0) is 17.0. The lowest BCUT2D eigenvalue weighted by molar-refractivity contribution is -0.142. The molecule has 0 fully saturated rings. The van der Waals surface area contributed by atoms with Crippen molar-refractivity contribution in [1.82, 2.24) is 19.6 Å². The van der Waals surface area contributed by atoms with Gasteiger partial charge in [-0.2, -0.15) is 23.4 Å². The zero-order valence-corrected chi connectivity index (χ0v) is 12.7. The highest BCUT2D eigenvalue weighted by Crippen LogP contribution is 2.18. The van der Waals surface area contributed by atoms with E-state index in [9.17, 15) is 18.0 Å². The van der Waals surface area contributed by atoms with E-state index in [2.05, 4.69) is 20.8 Å². The van der Waals surface area contributed by atoms with Crippen molar-refractivity contribution in [2.24, 2.45) is 7.05 Å². The summed E-state index contributed by atoms with van der Waals surface area (Å²) in [5.74, 6) is 0.517. The van der Waals surface area contributed by atoms with Crippen molar-refractivity contribution in [3.05, 3.63) is 24.0 Å². The molecule has 0 saturated carbocycles. The number of amides is 2. The number of hydrogen-bond donors (Lipinski definition) is 2. The predicted molar refractivity (Wildman–Crippen MR) is 78.1 cm³/mol. The van der Waals surface area contributed by atoms with Crippen LogP contribution in [0.15, 0.2) is 18.3 Å². The maximum Gasteiger partial charge on any atom is 0.408 e. The van der Waals surface area contributed by atoms with E-state index < -0.39 is 18.8 Å². The van der Waals surface area contributed by atoms with Gasteiger partial charge >= 0.3 is 12.2 Å². The molecule has 7 nitrogen and oxygen atoms in total. The molecular weight excluding hydrogens is 313 g/mol. The van der Waals surface area contributed by atoms with E-state index in [0.29, 0.717) is 10.5 Å². The molecule has 2 amide bonds. The number of aryl methyl sites for hydroxylation is 2. The Morgan fingerprint density at radius 3 is 2.70 bits per heavy atom. The lowest BCUT2D eigenvalue weighted by atomic mass is 10.2. The second-order valence-electron chi connectivity index (χ2n) is 4.99. The minimum atomic E-state index is -4.37. The lowest BCUT2D eigenvalue weighted by Crippen LogP contribution is -2.22. The molecular formula is C13H17F3N6O. The number of anilines is 2. The van der Waals surface area contributed by atoms with E-state index in [1.807, 2.05) is 6.92 Å². The van der Waals surface area contributed by atoms with Gasteiger partial charge in [0.1, 0.15) is 12.4 Å². The molecule has 0 aromatic carbocycles. The summed E-state index contributed by atoms with van der Waals surface area (Å²) in [5.41, 5.74) is 0.847. The fourth-order valence-corrected chi connectivity index (χ4v) is 1.99. The summed E-state index contributed by atoms with van der Waals surface area (Å²) in [6, 6.07) is 2.43. The Kier molecular flexibility index (Phi) is 4.92. The standard InChI is InChI=1S/C13H17F3N6O/c1-3-4-9-7-11(21(2)19-9)18-12(23)17-10-5-6-22(20-10)8-13(14,15)16/h5-7H,3-4,8H2,1-2H3,(H2,17,18,20,23). The number of nitrogens with zero attached hydrogens (tertiary/aromatic N) is 4. The molecule has 126 valence electrons. The Hall–Kier alpha value is -2.52. The Morgan fingerprint density at radius 1 is 1.30 bits per heavy atom. The molecule has 0 radical (unpaired) electrons. The summed E-state index contributed by atoms with van der Waals surface area (Å²) >= 11 is 0. The monoisotopic (exact) mass is 330 g/mol. The molecule has 10 heteroatoms. The first-order valence-corrected chi connectivity index (χ1v) is 6.98. The van der Waals surface area contributed by atoms with Gasteiger partial charge in [-0.15, -0.1) is 0 Å². The van der Waals surface area contributed by atoms with Crippen molar-refractivity contribution >= 4 is 17.7 Å². The molecule has 0 spiro atoms. The van der Waals surface area contributed by atoms with Crippen LogP contribution in [0.4, 0.5) is 29.6 Å². The van der Waals surface area contributed by atoms with Gasteiger partial charge < -0.3 is 0 Å². The average molecular weight is 330 g/mol. The number of aromatic nitrogens is 4. The highest BCUT2D eigenvalue weighted by molar-refractivity contribution is 5.98. The molecule has 0 aliphatic rings. The van der Waals surface area contributed by atoms with Gasteiger partial charge in [-0.05, 0) is 6.42 Å². The van der Waals surface area contributed by atoms with Crippen LogP contribution in [0.1, 0.15) is 19.0 Å². The van der Waals surface area contributed by atoms with Gasteiger partial charge in [0, 0.05) is 25.4 Å². The average Bonchev–Trinajstić information content (AvgIpc) is 2.96. The van der Waals surface area contributed by atoms with Crippen molar-refractivity contribution in [2.45, 2.75) is 32.5 Å². The quantitative estimate of drug-likeness (QED) is 0.885. The summed E-state index contributed by atoms with van der Waals surface area (Å²) in [5, 5.41) is 12.8. The number of alkyl halides is 3. The van der Waals surface area contributed by atoms with Gasteiger partial charge in [0.2, 0.25) is 0 Å². The molecule has 0 saturated heterocycles. The van der Waals surface area contributed by atoms with Gasteiger partial charge in [-0.3, -0.25) is 20.0 Å². The minimum Gasteiger partial charge on any atom is -0.292 e. The molecule has 23 heavy (non-hydrogen) atoms. The molecule has 2 heterocycles. The summed E-state index contributed by atoms with van der Waals surface area (Å²) in [4.78, 5) is 11.9. The number of hydrogen-bond acceptors (Lipinski definition) is 3. The molecule has 0 aliphatic carbocycles. The van der Waals surface area contributed by atoms with Crippen molar-refractivity contribution < 1.29 is 18.0 Å². The van der Waals surface area contributed by atoms with Gasteiger partial charge in [-0.1, -0.05) is 13.3 Å². The van der Waals surface area contributed by atoms with Crippen molar-refractivity contribution in [3.63, 3.8) is 0 Å². The van der Waals surface area contributed by atoms with E-state index >= 15 is 0 Å². The van der Waals surface area contributed by atoms with Crippen molar-refractivity contribution in [1.29, 1.82) is 0 Å².